The van der Waals surface area contributed by atoms with E-state index in [-0.39, 0.29) is 5.56 Å². The third-order valence-corrected chi connectivity index (χ3v) is 1.48. The number of aromatic carboxylic acids is 1. The lowest BCUT2D eigenvalue weighted by Gasteiger charge is -1.95. The molecule has 0 saturated carbocycles. The Morgan fingerprint density at radius 1 is 1.54 bits per heavy atom. The van der Waals surface area contributed by atoms with Crippen LogP contribution in [0, 0.1) is 11.3 Å². The van der Waals surface area contributed by atoms with Gasteiger partial charge in [0.05, 0.1) is 11.6 Å². The molecule has 1 aromatic rings. The lowest BCUT2D eigenvalue weighted by atomic mass is 10.1. The molecule has 0 bridgehead atoms. The molecule has 0 aliphatic rings. The van der Waals surface area contributed by atoms with E-state index in [1.54, 1.807) is 18.2 Å². The molecule has 3 nitrogen and oxygen atoms in total. The van der Waals surface area contributed by atoms with Crippen LogP contribution in [0.3, 0.4) is 0 Å². The lowest BCUT2D eigenvalue weighted by Crippen LogP contribution is -1.95. The SMILES string of the molecule is N#C/C=C\c1cccc(C(=O)O)c1. The van der Waals surface area contributed by atoms with Crippen molar-refractivity contribution in [3.05, 3.63) is 41.5 Å². The molecular formula is C10H7NO2. The van der Waals surface area contributed by atoms with E-state index < -0.39 is 5.97 Å². The number of nitrogens with zero attached hydrogens (tertiary/aromatic N) is 1. The first-order valence-corrected chi connectivity index (χ1v) is 3.63. The van der Waals surface area contributed by atoms with Crippen LogP contribution in [0.5, 0.6) is 0 Å². The van der Waals surface area contributed by atoms with E-state index in [0.717, 1.165) is 0 Å². The summed E-state index contributed by atoms with van der Waals surface area (Å²) in [5, 5.41) is 16.9. The minimum atomic E-state index is -0.966. The topological polar surface area (TPSA) is 61.1 Å². The zero-order chi connectivity index (χ0) is 9.68. The quantitative estimate of drug-likeness (QED) is 0.695. The largest absolute Gasteiger partial charge is 0.478 e. The van der Waals surface area contributed by atoms with Crippen LogP contribution < -0.4 is 0 Å². The predicted molar refractivity (Wildman–Crippen MR) is 48.0 cm³/mol. The third-order valence-electron chi connectivity index (χ3n) is 1.48. The van der Waals surface area contributed by atoms with Crippen LogP contribution in [-0.4, -0.2) is 11.1 Å². The van der Waals surface area contributed by atoms with Gasteiger partial charge in [-0.3, -0.25) is 0 Å². The van der Waals surface area contributed by atoms with Crippen molar-refractivity contribution in [2.45, 2.75) is 0 Å². The second-order valence-corrected chi connectivity index (χ2v) is 2.39. The van der Waals surface area contributed by atoms with Crippen LogP contribution in [-0.2, 0) is 0 Å². The van der Waals surface area contributed by atoms with E-state index in [1.165, 1.54) is 18.2 Å². The second kappa shape index (κ2) is 4.07. The maximum Gasteiger partial charge on any atom is 0.335 e. The van der Waals surface area contributed by atoms with Gasteiger partial charge in [0.1, 0.15) is 0 Å². The maximum atomic E-state index is 10.5. The van der Waals surface area contributed by atoms with Crippen LogP contribution in [0.1, 0.15) is 15.9 Å². The summed E-state index contributed by atoms with van der Waals surface area (Å²) < 4.78 is 0. The highest BCUT2D eigenvalue weighted by Gasteiger charge is 2.00. The molecule has 0 atom stereocenters. The normalized spacial score (nSPS) is 9.77. The number of carbonyl (C=O) groups is 1. The summed E-state index contributed by atoms with van der Waals surface area (Å²) >= 11 is 0. The molecule has 0 radical (unpaired) electrons. The summed E-state index contributed by atoms with van der Waals surface area (Å²) in [6.45, 7) is 0. The first-order valence-electron chi connectivity index (χ1n) is 3.63. The van der Waals surface area contributed by atoms with E-state index in [0.29, 0.717) is 5.56 Å². The Morgan fingerprint density at radius 3 is 2.92 bits per heavy atom. The fourth-order valence-corrected chi connectivity index (χ4v) is 0.909. The fourth-order valence-electron chi connectivity index (χ4n) is 0.909. The number of carboxylic acid groups (broad SMARTS) is 1. The molecule has 3 heteroatoms. The van der Waals surface area contributed by atoms with Crippen molar-refractivity contribution in [2.24, 2.45) is 0 Å². The molecule has 0 aliphatic carbocycles. The van der Waals surface area contributed by atoms with Gasteiger partial charge in [-0.2, -0.15) is 5.26 Å². The third kappa shape index (κ3) is 2.46. The number of carboxylic acids is 1. The van der Waals surface area contributed by atoms with E-state index in [4.69, 9.17) is 10.4 Å². The Labute approximate surface area is 75.5 Å². The minimum absolute atomic E-state index is 0.222. The first-order chi connectivity index (χ1) is 6.24. The summed E-state index contributed by atoms with van der Waals surface area (Å²) in [5.41, 5.74) is 0.932. The molecule has 64 valence electrons. The van der Waals surface area contributed by atoms with Gasteiger partial charge in [-0.1, -0.05) is 12.1 Å². The van der Waals surface area contributed by atoms with Crippen molar-refractivity contribution >= 4 is 12.0 Å². The molecule has 13 heavy (non-hydrogen) atoms. The van der Waals surface area contributed by atoms with Crippen molar-refractivity contribution in [3.8, 4) is 6.07 Å². The Kier molecular flexibility index (Phi) is 2.82. The molecule has 1 rings (SSSR count). The first kappa shape index (κ1) is 9.01. The molecule has 0 fully saturated rings. The van der Waals surface area contributed by atoms with E-state index >= 15 is 0 Å². The van der Waals surface area contributed by atoms with E-state index in [9.17, 15) is 4.79 Å². The van der Waals surface area contributed by atoms with Gasteiger partial charge in [0.15, 0.2) is 0 Å². The van der Waals surface area contributed by atoms with Crippen molar-refractivity contribution in [3.63, 3.8) is 0 Å². The molecule has 0 aliphatic heterocycles. The molecule has 0 unspecified atom stereocenters. The Hall–Kier alpha value is -2.08. The number of hydrogen-bond acceptors (Lipinski definition) is 2. The van der Waals surface area contributed by atoms with Crippen LogP contribution >= 0.6 is 0 Å². The predicted octanol–water partition coefficient (Wildman–Crippen LogP) is 1.92. The highest BCUT2D eigenvalue weighted by molar-refractivity contribution is 5.88. The molecule has 0 saturated heterocycles. The smallest absolute Gasteiger partial charge is 0.335 e. The van der Waals surface area contributed by atoms with Gasteiger partial charge in [-0.05, 0) is 23.8 Å². The van der Waals surface area contributed by atoms with Gasteiger partial charge in [-0.15, -0.1) is 0 Å². The summed E-state index contributed by atoms with van der Waals surface area (Å²) in [5.74, 6) is -0.966. The summed E-state index contributed by atoms with van der Waals surface area (Å²) in [7, 11) is 0. The van der Waals surface area contributed by atoms with Gasteiger partial charge >= 0.3 is 5.97 Å². The van der Waals surface area contributed by atoms with Crippen molar-refractivity contribution in [2.75, 3.05) is 0 Å². The summed E-state index contributed by atoms with van der Waals surface area (Å²) in [6, 6.07) is 8.23. The zero-order valence-electron chi connectivity index (χ0n) is 6.77. The van der Waals surface area contributed by atoms with Crippen LogP contribution in [0.4, 0.5) is 0 Å². The lowest BCUT2D eigenvalue weighted by molar-refractivity contribution is 0.0697. The molecule has 0 spiro atoms. The van der Waals surface area contributed by atoms with Crippen molar-refractivity contribution in [1.29, 1.82) is 5.26 Å². The average molecular weight is 173 g/mol. The minimum Gasteiger partial charge on any atom is -0.478 e. The molecule has 0 heterocycles. The Balaban J connectivity index is 3.00. The van der Waals surface area contributed by atoms with E-state index in [2.05, 4.69) is 0 Å². The summed E-state index contributed by atoms with van der Waals surface area (Å²) in [4.78, 5) is 10.5. The fraction of sp³-hybridized carbons (Fsp3) is 0. The average Bonchev–Trinajstić information content (AvgIpc) is 2.15. The van der Waals surface area contributed by atoms with Gasteiger partial charge in [0.2, 0.25) is 0 Å². The van der Waals surface area contributed by atoms with Gasteiger partial charge in [0.25, 0.3) is 0 Å². The molecule has 0 aromatic heterocycles. The highest BCUT2D eigenvalue weighted by atomic mass is 16.4. The molecule has 1 N–H and O–H groups in total. The van der Waals surface area contributed by atoms with Crippen LogP contribution in [0.25, 0.3) is 6.08 Å². The zero-order valence-corrected chi connectivity index (χ0v) is 6.77. The maximum absolute atomic E-state index is 10.5. The summed E-state index contributed by atoms with van der Waals surface area (Å²) in [6.07, 6.45) is 2.87. The molecular weight excluding hydrogens is 166 g/mol. The number of rotatable bonds is 2. The highest BCUT2D eigenvalue weighted by Crippen LogP contribution is 2.06. The Morgan fingerprint density at radius 2 is 2.31 bits per heavy atom. The number of hydrogen-bond donors (Lipinski definition) is 1. The number of nitriles is 1. The number of allylic oxidation sites excluding steroid dienone is 1. The van der Waals surface area contributed by atoms with Crippen LogP contribution in [0.15, 0.2) is 30.3 Å². The molecule has 1 aromatic carbocycles. The van der Waals surface area contributed by atoms with Crippen molar-refractivity contribution in [1.82, 2.24) is 0 Å². The Bertz CT molecular complexity index is 388. The molecule has 0 amide bonds. The monoisotopic (exact) mass is 173 g/mol. The van der Waals surface area contributed by atoms with Gasteiger partial charge < -0.3 is 5.11 Å². The second-order valence-electron chi connectivity index (χ2n) is 2.39. The van der Waals surface area contributed by atoms with Crippen molar-refractivity contribution < 1.29 is 9.90 Å². The number of benzene rings is 1. The standard InChI is InChI=1S/C10H7NO2/c11-6-2-4-8-3-1-5-9(7-8)10(12)13/h1-5,7H,(H,12,13)/b4-2-. The van der Waals surface area contributed by atoms with Gasteiger partial charge in [-0.25, -0.2) is 4.79 Å². The van der Waals surface area contributed by atoms with Crippen LogP contribution in [0.2, 0.25) is 0 Å². The van der Waals surface area contributed by atoms with E-state index in [1.807, 2.05) is 6.07 Å². The van der Waals surface area contributed by atoms with Gasteiger partial charge in [0, 0.05) is 6.08 Å².